The van der Waals surface area contributed by atoms with Crippen molar-refractivity contribution in [3.05, 3.63) is 33.6 Å². The Kier molecular flexibility index (Phi) is 3.47. The average Bonchev–Trinajstić information content (AvgIpc) is 3.10. The van der Waals surface area contributed by atoms with E-state index >= 15 is 0 Å². The van der Waals surface area contributed by atoms with Crippen molar-refractivity contribution in [2.24, 2.45) is 5.41 Å². The molecule has 18 heavy (non-hydrogen) atoms. The molecule has 6 heteroatoms. The quantitative estimate of drug-likeness (QED) is 0.508. The van der Waals surface area contributed by atoms with Gasteiger partial charge in [0.2, 0.25) is 0 Å². The number of ether oxygens (including phenoxy) is 1. The van der Waals surface area contributed by atoms with E-state index in [-0.39, 0.29) is 16.9 Å². The lowest BCUT2D eigenvalue weighted by molar-refractivity contribution is -0.385. The second-order valence-corrected chi connectivity index (χ2v) is 5.09. The minimum atomic E-state index is -0.692. The summed E-state index contributed by atoms with van der Waals surface area (Å²) in [5.74, 6) is 0.0917. The standard InChI is InChI=1S/C12H14FNO3S/c1-8-4-11(9(13)5-10(8)14(15)16)17-6-12(7-18)2-3-12/h4-5,18H,2-3,6-7H2,1H3. The summed E-state index contributed by atoms with van der Waals surface area (Å²) in [5, 5.41) is 10.6. The van der Waals surface area contributed by atoms with Crippen LogP contribution in [0.4, 0.5) is 10.1 Å². The SMILES string of the molecule is Cc1cc(OCC2(CS)CC2)c(F)cc1[N+](=O)[O-]. The smallest absolute Gasteiger partial charge is 0.275 e. The summed E-state index contributed by atoms with van der Waals surface area (Å²) in [5.41, 5.74) is 0.230. The molecule has 0 radical (unpaired) electrons. The van der Waals surface area contributed by atoms with Gasteiger partial charge in [-0.3, -0.25) is 10.1 Å². The van der Waals surface area contributed by atoms with E-state index in [2.05, 4.69) is 12.6 Å². The van der Waals surface area contributed by atoms with Crippen LogP contribution in [0.15, 0.2) is 12.1 Å². The molecule has 1 aromatic rings. The molecule has 1 aromatic carbocycles. The highest BCUT2D eigenvalue weighted by Crippen LogP contribution is 2.46. The summed E-state index contributed by atoms with van der Waals surface area (Å²) in [6.07, 6.45) is 2.06. The molecule has 0 aliphatic heterocycles. The maximum absolute atomic E-state index is 13.6. The van der Waals surface area contributed by atoms with E-state index in [1.807, 2.05) is 0 Å². The number of hydrogen-bond donors (Lipinski definition) is 1. The van der Waals surface area contributed by atoms with Gasteiger partial charge in [0.15, 0.2) is 11.6 Å². The highest BCUT2D eigenvalue weighted by atomic mass is 32.1. The molecule has 1 fully saturated rings. The molecular weight excluding hydrogens is 257 g/mol. The predicted molar refractivity (Wildman–Crippen MR) is 68.8 cm³/mol. The lowest BCUT2D eigenvalue weighted by Crippen LogP contribution is -2.15. The van der Waals surface area contributed by atoms with Crippen LogP contribution in [0.1, 0.15) is 18.4 Å². The number of rotatable bonds is 5. The van der Waals surface area contributed by atoms with Crippen LogP contribution in [0.3, 0.4) is 0 Å². The molecule has 0 heterocycles. The van der Waals surface area contributed by atoms with Gasteiger partial charge < -0.3 is 4.74 Å². The highest BCUT2D eigenvalue weighted by molar-refractivity contribution is 7.80. The van der Waals surface area contributed by atoms with Gasteiger partial charge in [0, 0.05) is 11.0 Å². The Bertz CT molecular complexity index is 488. The molecule has 1 saturated carbocycles. The van der Waals surface area contributed by atoms with Crippen LogP contribution >= 0.6 is 12.6 Å². The number of hydrogen-bond acceptors (Lipinski definition) is 4. The Labute approximate surface area is 110 Å². The average molecular weight is 271 g/mol. The maximum Gasteiger partial charge on any atom is 0.275 e. The van der Waals surface area contributed by atoms with Crippen molar-refractivity contribution in [1.29, 1.82) is 0 Å². The van der Waals surface area contributed by atoms with Gasteiger partial charge in [-0.1, -0.05) is 0 Å². The normalized spacial score (nSPS) is 16.4. The lowest BCUT2D eigenvalue weighted by Gasteiger charge is -2.14. The van der Waals surface area contributed by atoms with Crippen molar-refractivity contribution < 1.29 is 14.1 Å². The Hall–Kier alpha value is -1.30. The molecule has 0 spiro atoms. The third-order valence-corrected chi connectivity index (χ3v) is 3.94. The summed E-state index contributed by atoms with van der Waals surface area (Å²) >= 11 is 4.24. The Morgan fingerprint density at radius 1 is 1.56 bits per heavy atom. The molecule has 0 aromatic heterocycles. The van der Waals surface area contributed by atoms with Crippen molar-refractivity contribution >= 4 is 18.3 Å². The van der Waals surface area contributed by atoms with E-state index in [0.29, 0.717) is 17.9 Å². The van der Waals surface area contributed by atoms with Crippen LogP contribution in [-0.2, 0) is 0 Å². The molecule has 4 nitrogen and oxygen atoms in total. The van der Waals surface area contributed by atoms with Gasteiger partial charge in [-0.05, 0) is 31.6 Å². The maximum atomic E-state index is 13.6. The fraction of sp³-hybridized carbons (Fsp3) is 0.500. The number of nitrogens with zero attached hydrogens (tertiary/aromatic N) is 1. The predicted octanol–water partition coefficient (Wildman–Crippen LogP) is 3.13. The van der Waals surface area contributed by atoms with Crippen molar-refractivity contribution in [3.8, 4) is 5.75 Å². The van der Waals surface area contributed by atoms with Crippen molar-refractivity contribution in [2.75, 3.05) is 12.4 Å². The molecule has 0 atom stereocenters. The van der Waals surface area contributed by atoms with Crippen LogP contribution in [0.5, 0.6) is 5.75 Å². The Balaban J connectivity index is 2.14. The van der Waals surface area contributed by atoms with Gasteiger partial charge in [-0.15, -0.1) is 0 Å². The number of nitro groups is 1. The minimum Gasteiger partial charge on any atom is -0.490 e. The van der Waals surface area contributed by atoms with Crippen LogP contribution in [0.25, 0.3) is 0 Å². The number of halogens is 1. The van der Waals surface area contributed by atoms with E-state index in [0.717, 1.165) is 18.9 Å². The Morgan fingerprint density at radius 2 is 2.22 bits per heavy atom. The second-order valence-electron chi connectivity index (χ2n) is 4.77. The molecule has 0 N–H and O–H groups in total. The topological polar surface area (TPSA) is 52.4 Å². The third-order valence-electron chi connectivity index (χ3n) is 3.27. The first-order valence-corrected chi connectivity index (χ1v) is 6.29. The molecule has 1 aliphatic rings. The monoisotopic (exact) mass is 271 g/mol. The molecule has 0 saturated heterocycles. The largest absolute Gasteiger partial charge is 0.490 e. The first-order chi connectivity index (χ1) is 8.47. The zero-order valence-electron chi connectivity index (χ0n) is 9.98. The number of benzene rings is 1. The Morgan fingerprint density at radius 3 is 2.72 bits per heavy atom. The first kappa shape index (κ1) is 13.1. The van der Waals surface area contributed by atoms with Gasteiger partial charge >= 0.3 is 0 Å². The molecule has 0 amide bonds. The summed E-state index contributed by atoms with van der Waals surface area (Å²) in [7, 11) is 0. The summed E-state index contributed by atoms with van der Waals surface area (Å²) in [6.45, 7) is 1.97. The van der Waals surface area contributed by atoms with E-state index in [1.54, 1.807) is 6.92 Å². The van der Waals surface area contributed by atoms with Crippen molar-refractivity contribution in [3.63, 3.8) is 0 Å². The van der Waals surface area contributed by atoms with E-state index in [1.165, 1.54) is 6.07 Å². The van der Waals surface area contributed by atoms with E-state index in [4.69, 9.17) is 4.74 Å². The summed E-state index contributed by atoms with van der Waals surface area (Å²) in [6, 6.07) is 2.28. The molecule has 98 valence electrons. The lowest BCUT2D eigenvalue weighted by atomic mass is 10.1. The van der Waals surface area contributed by atoms with Crippen LogP contribution in [0.2, 0.25) is 0 Å². The summed E-state index contributed by atoms with van der Waals surface area (Å²) in [4.78, 5) is 10.0. The highest BCUT2D eigenvalue weighted by Gasteiger charge is 2.42. The van der Waals surface area contributed by atoms with Crippen molar-refractivity contribution in [2.45, 2.75) is 19.8 Å². The number of thiol groups is 1. The van der Waals surface area contributed by atoms with Gasteiger partial charge in [0.25, 0.3) is 5.69 Å². The third kappa shape index (κ3) is 2.58. The second kappa shape index (κ2) is 4.76. The van der Waals surface area contributed by atoms with Gasteiger partial charge in [0.05, 0.1) is 17.6 Å². The van der Waals surface area contributed by atoms with Crippen molar-refractivity contribution in [1.82, 2.24) is 0 Å². The zero-order valence-corrected chi connectivity index (χ0v) is 10.9. The van der Waals surface area contributed by atoms with Gasteiger partial charge in [-0.25, -0.2) is 4.39 Å². The molecule has 1 aliphatic carbocycles. The minimum absolute atomic E-state index is 0.0607. The fourth-order valence-electron chi connectivity index (χ4n) is 1.71. The van der Waals surface area contributed by atoms with Gasteiger partial charge in [0.1, 0.15) is 0 Å². The molecule has 0 unspecified atom stereocenters. The van der Waals surface area contributed by atoms with E-state index < -0.39 is 10.7 Å². The molecular formula is C12H14FNO3S. The number of nitro benzene ring substituents is 1. The fourth-order valence-corrected chi connectivity index (χ4v) is 2.12. The van der Waals surface area contributed by atoms with Crippen LogP contribution in [-0.4, -0.2) is 17.3 Å². The van der Waals surface area contributed by atoms with Crippen LogP contribution < -0.4 is 4.74 Å². The zero-order chi connectivity index (χ0) is 13.3. The van der Waals surface area contributed by atoms with Gasteiger partial charge in [-0.2, -0.15) is 12.6 Å². The van der Waals surface area contributed by atoms with Crippen LogP contribution in [0, 0.1) is 28.3 Å². The van der Waals surface area contributed by atoms with E-state index in [9.17, 15) is 14.5 Å². The molecule has 2 rings (SSSR count). The number of aryl methyl sites for hydroxylation is 1. The summed E-state index contributed by atoms with van der Waals surface area (Å²) < 4.78 is 19.1. The molecule has 0 bridgehead atoms. The first-order valence-electron chi connectivity index (χ1n) is 5.66.